The van der Waals surface area contributed by atoms with Crippen molar-refractivity contribution in [1.82, 2.24) is 5.32 Å². The van der Waals surface area contributed by atoms with Crippen LogP contribution in [-0.2, 0) is 4.79 Å². The van der Waals surface area contributed by atoms with Gasteiger partial charge >= 0.3 is 0 Å². The molecule has 1 aromatic carbocycles. The Hall–Kier alpha value is -1.65. The van der Waals surface area contributed by atoms with Crippen LogP contribution in [-0.4, -0.2) is 30.3 Å². The van der Waals surface area contributed by atoms with Gasteiger partial charge in [0.05, 0.1) is 11.3 Å². The molecule has 1 aliphatic heterocycles. The SMILES string of the molecule is C=C(CNC(C)(C)C)CN1C(=O)C(=O)c2cc(Cl)ccc21. The number of halogens is 1. The van der Waals surface area contributed by atoms with E-state index in [0.29, 0.717) is 29.4 Å². The van der Waals surface area contributed by atoms with Crippen LogP contribution in [0.15, 0.2) is 30.4 Å². The van der Waals surface area contributed by atoms with Crippen molar-refractivity contribution in [2.24, 2.45) is 0 Å². The van der Waals surface area contributed by atoms with Gasteiger partial charge in [-0.15, -0.1) is 0 Å². The average molecular weight is 307 g/mol. The summed E-state index contributed by atoms with van der Waals surface area (Å²) in [5, 5.41) is 3.76. The smallest absolute Gasteiger partial charge is 0.299 e. The lowest BCUT2D eigenvalue weighted by Crippen LogP contribution is -2.39. The van der Waals surface area contributed by atoms with Gasteiger partial charge in [-0.1, -0.05) is 18.2 Å². The number of amides is 1. The van der Waals surface area contributed by atoms with Crippen molar-refractivity contribution >= 4 is 29.0 Å². The fraction of sp³-hybridized carbons (Fsp3) is 0.375. The van der Waals surface area contributed by atoms with Gasteiger partial charge in [0, 0.05) is 23.7 Å². The van der Waals surface area contributed by atoms with Crippen molar-refractivity contribution in [3.8, 4) is 0 Å². The van der Waals surface area contributed by atoms with E-state index < -0.39 is 11.7 Å². The molecule has 1 aromatic rings. The summed E-state index contributed by atoms with van der Waals surface area (Å²) in [5.41, 5.74) is 1.78. The van der Waals surface area contributed by atoms with E-state index in [1.807, 2.05) is 0 Å². The van der Waals surface area contributed by atoms with E-state index in [1.165, 1.54) is 11.0 Å². The van der Waals surface area contributed by atoms with Gasteiger partial charge in [-0.05, 0) is 44.5 Å². The Morgan fingerprint density at radius 3 is 2.62 bits per heavy atom. The van der Waals surface area contributed by atoms with Crippen molar-refractivity contribution < 1.29 is 9.59 Å². The summed E-state index contributed by atoms with van der Waals surface area (Å²) < 4.78 is 0. The summed E-state index contributed by atoms with van der Waals surface area (Å²) in [6.45, 7) is 11.1. The lowest BCUT2D eigenvalue weighted by Gasteiger charge is -2.23. The number of anilines is 1. The number of rotatable bonds is 4. The van der Waals surface area contributed by atoms with Crippen LogP contribution >= 0.6 is 11.6 Å². The first-order valence-corrected chi connectivity index (χ1v) is 7.14. The van der Waals surface area contributed by atoms with E-state index in [9.17, 15) is 9.59 Å². The first-order chi connectivity index (χ1) is 9.69. The first-order valence-electron chi connectivity index (χ1n) is 6.76. The Bertz CT molecular complexity index is 617. The zero-order valence-electron chi connectivity index (χ0n) is 12.5. The van der Waals surface area contributed by atoms with E-state index in [4.69, 9.17) is 11.6 Å². The Morgan fingerprint density at radius 1 is 1.33 bits per heavy atom. The number of carbonyl (C=O) groups is 2. The van der Waals surface area contributed by atoms with E-state index in [1.54, 1.807) is 12.1 Å². The molecule has 0 radical (unpaired) electrons. The number of ketones is 1. The van der Waals surface area contributed by atoms with Crippen LogP contribution in [0.2, 0.25) is 5.02 Å². The molecular weight excluding hydrogens is 288 g/mol. The standard InChI is InChI=1S/C16H19ClN2O2/c1-10(8-18-16(2,3)4)9-19-13-6-5-11(17)7-12(13)14(20)15(19)21/h5-7,18H,1,8-9H2,2-4H3. The highest BCUT2D eigenvalue weighted by Crippen LogP contribution is 2.31. The number of hydrogen-bond acceptors (Lipinski definition) is 3. The number of benzene rings is 1. The summed E-state index contributed by atoms with van der Waals surface area (Å²) in [4.78, 5) is 25.5. The second-order valence-corrected chi connectivity index (χ2v) is 6.67. The summed E-state index contributed by atoms with van der Waals surface area (Å²) in [5.74, 6) is -1.03. The molecule has 1 aliphatic rings. The zero-order valence-corrected chi connectivity index (χ0v) is 13.3. The van der Waals surface area contributed by atoms with Crippen LogP contribution in [0, 0.1) is 0 Å². The largest absolute Gasteiger partial charge is 0.308 e. The average Bonchev–Trinajstić information content (AvgIpc) is 2.61. The third-order valence-corrected chi connectivity index (χ3v) is 3.42. The van der Waals surface area contributed by atoms with Crippen molar-refractivity contribution in [2.75, 3.05) is 18.0 Å². The van der Waals surface area contributed by atoms with Gasteiger partial charge in [-0.3, -0.25) is 9.59 Å². The van der Waals surface area contributed by atoms with Crippen molar-refractivity contribution in [2.45, 2.75) is 26.3 Å². The molecule has 0 fully saturated rings. The highest BCUT2D eigenvalue weighted by atomic mass is 35.5. The molecule has 0 aliphatic carbocycles. The molecule has 0 bridgehead atoms. The summed E-state index contributed by atoms with van der Waals surface area (Å²) in [6.07, 6.45) is 0. The van der Waals surface area contributed by atoms with Gasteiger partial charge in [-0.2, -0.15) is 0 Å². The van der Waals surface area contributed by atoms with Crippen molar-refractivity contribution in [3.05, 3.63) is 40.9 Å². The predicted molar refractivity (Wildman–Crippen MR) is 85.0 cm³/mol. The van der Waals surface area contributed by atoms with Crippen LogP contribution in [0.1, 0.15) is 31.1 Å². The molecule has 1 amide bonds. The summed E-state index contributed by atoms with van der Waals surface area (Å²) in [7, 11) is 0. The fourth-order valence-corrected chi connectivity index (χ4v) is 2.27. The van der Waals surface area contributed by atoms with E-state index in [2.05, 4.69) is 32.7 Å². The van der Waals surface area contributed by atoms with Gasteiger partial charge in [-0.25, -0.2) is 0 Å². The molecular formula is C16H19ClN2O2. The molecule has 0 unspecified atom stereocenters. The lowest BCUT2D eigenvalue weighted by atomic mass is 10.1. The van der Waals surface area contributed by atoms with Crippen LogP contribution in [0.25, 0.3) is 0 Å². The zero-order chi connectivity index (χ0) is 15.8. The number of Topliss-reactive ketones (excluding diaryl/α,β-unsaturated/α-hetero) is 1. The van der Waals surface area contributed by atoms with Crippen LogP contribution < -0.4 is 10.2 Å². The molecule has 0 saturated carbocycles. The van der Waals surface area contributed by atoms with Gasteiger partial charge in [0.1, 0.15) is 0 Å². The minimum absolute atomic E-state index is 0.0286. The van der Waals surface area contributed by atoms with E-state index in [0.717, 1.165) is 5.57 Å². The number of fused-ring (bicyclic) bond motifs is 1. The van der Waals surface area contributed by atoms with Crippen LogP contribution in [0.5, 0.6) is 0 Å². The summed E-state index contributed by atoms with van der Waals surface area (Å²) in [6, 6.07) is 4.91. The highest BCUT2D eigenvalue weighted by molar-refractivity contribution is 6.52. The third-order valence-electron chi connectivity index (χ3n) is 3.18. The number of nitrogens with one attached hydrogen (secondary N) is 1. The molecule has 0 saturated heterocycles. The van der Waals surface area contributed by atoms with Crippen LogP contribution in [0.3, 0.4) is 0 Å². The maximum atomic E-state index is 12.1. The molecule has 5 heteroatoms. The Labute approximate surface area is 129 Å². The molecule has 4 nitrogen and oxygen atoms in total. The first kappa shape index (κ1) is 15.7. The normalized spacial score (nSPS) is 14.6. The second-order valence-electron chi connectivity index (χ2n) is 6.24. The molecule has 0 aromatic heterocycles. The monoisotopic (exact) mass is 306 g/mol. The number of hydrogen-bond donors (Lipinski definition) is 1. The summed E-state index contributed by atoms with van der Waals surface area (Å²) >= 11 is 5.88. The topological polar surface area (TPSA) is 49.4 Å². The fourth-order valence-electron chi connectivity index (χ4n) is 2.10. The van der Waals surface area contributed by atoms with Gasteiger partial charge < -0.3 is 10.2 Å². The highest BCUT2D eigenvalue weighted by Gasteiger charge is 2.35. The quantitative estimate of drug-likeness (QED) is 0.687. The van der Waals surface area contributed by atoms with Gasteiger partial charge in [0.15, 0.2) is 0 Å². The minimum Gasteiger partial charge on any atom is -0.308 e. The Morgan fingerprint density at radius 2 is 2.00 bits per heavy atom. The molecule has 1 heterocycles. The Balaban J connectivity index is 2.13. The number of carbonyl (C=O) groups excluding carboxylic acids is 2. The predicted octanol–water partition coefficient (Wildman–Crippen LogP) is 2.81. The maximum Gasteiger partial charge on any atom is 0.299 e. The number of nitrogens with zero attached hydrogens (tertiary/aromatic N) is 1. The maximum absolute atomic E-state index is 12.1. The lowest BCUT2D eigenvalue weighted by molar-refractivity contribution is -0.114. The van der Waals surface area contributed by atoms with Crippen molar-refractivity contribution in [1.29, 1.82) is 0 Å². The van der Waals surface area contributed by atoms with Crippen LogP contribution in [0.4, 0.5) is 5.69 Å². The molecule has 112 valence electrons. The van der Waals surface area contributed by atoms with Gasteiger partial charge in [0.2, 0.25) is 0 Å². The van der Waals surface area contributed by atoms with Gasteiger partial charge in [0.25, 0.3) is 11.7 Å². The minimum atomic E-state index is -0.524. The molecule has 1 N–H and O–H groups in total. The molecule has 2 rings (SSSR count). The van der Waals surface area contributed by atoms with Crippen molar-refractivity contribution in [3.63, 3.8) is 0 Å². The third kappa shape index (κ3) is 3.52. The Kier molecular flexibility index (Phi) is 4.21. The molecule has 21 heavy (non-hydrogen) atoms. The second kappa shape index (κ2) is 5.62. The van der Waals surface area contributed by atoms with E-state index >= 15 is 0 Å². The van der Waals surface area contributed by atoms with E-state index in [-0.39, 0.29) is 5.54 Å². The molecule has 0 atom stereocenters. The molecule has 0 spiro atoms.